The normalized spacial score (nSPS) is 17.4. The zero-order chi connectivity index (χ0) is 12.5. The summed E-state index contributed by atoms with van der Waals surface area (Å²) in [7, 11) is 0. The molecule has 1 amide bonds. The molecular formula is C13H23NO3. The number of nitrogens with one attached hydrogen (secondary N) is 1. The predicted octanol–water partition coefficient (Wildman–Crippen LogP) is 2.47. The van der Waals surface area contributed by atoms with E-state index in [0.29, 0.717) is 25.3 Å². The van der Waals surface area contributed by atoms with Crippen LogP contribution in [0.15, 0.2) is 0 Å². The molecule has 98 valence electrons. The Bertz CT molecular complexity index is 245. The fourth-order valence-electron chi connectivity index (χ4n) is 2.29. The zero-order valence-corrected chi connectivity index (χ0v) is 10.4. The lowest BCUT2D eigenvalue weighted by Gasteiger charge is -2.15. The first-order chi connectivity index (χ1) is 8.18. The maximum atomic E-state index is 11.6. The van der Waals surface area contributed by atoms with E-state index in [4.69, 9.17) is 5.11 Å². The first kappa shape index (κ1) is 14.0. The molecule has 0 aromatic carbocycles. The molecule has 1 rings (SSSR count). The number of hydrogen-bond donors (Lipinski definition) is 2. The van der Waals surface area contributed by atoms with Gasteiger partial charge in [0.1, 0.15) is 0 Å². The summed E-state index contributed by atoms with van der Waals surface area (Å²) in [5.74, 6) is -0.698. The molecule has 0 radical (unpaired) electrons. The van der Waals surface area contributed by atoms with Crippen LogP contribution in [0.1, 0.15) is 64.2 Å². The monoisotopic (exact) mass is 241 g/mol. The van der Waals surface area contributed by atoms with Gasteiger partial charge in [0.15, 0.2) is 0 Å². The average Bonchev–Trinajstić information content (AvgIpc) is 2.53. The Morgan fingerprint density at radius 1 is 1.00 bits per heavy atom. The molecule has 4 heteroatoms. The van der Waals surface area contributed by atoms with Crippen molar-refractivity contribution in [2.75, 3.05) is 0 Å². The SMILES string of the molecule is O=C(O)CCCCC(=O)NC1CCCCCC1. The fourth-order valence-corrected chi connectivity index (χ4v) is 2.29. The molecule has 4 nitrogen and oxygen atoms in total. The van der Waals surface area contributed by atoms with Crippen molar-refractivity contribution in [3.63, 3.8) is 0 Å². The molecule has 1 fully saturated rings. The predicted molar refractivity (Wildman–Crippen MR) is 65.7 cm³/mol. The highest BCUT2D eigenvalue weighted by molar-refractivity contribution is 5.76. The number of aliphatic carboxylic acids is 1. The standard InChI is InChI=1S/C13H23NO3/c15-12(9-5-6-10-13(16)17)14-11-7-3-1-2-4-8-11/h11H,1-10H2,(H,14,15)(H,16,17). The number of amides is 1. The van der Waals surface area contributed by atoms with E-state index in [1.807, 2.05) is 0 Å². The molecule has 0 aromatic rings. The Morgan fingerprint density at radius 2 is 1.59 bits per heavy atom. The van der Waals surface area contributed by atoms with Gasteiger partial charge in [-0.05, 0) is 25.7 Å². The second-order valence-electron chi connectivity index (χ2n) is 4.86. The summed E-state index contributed by atoms with van der Waals surface area (Å²) in [6.45, 7) is 0. The smallest absolute Gasteiger partial charge is 0.303 e. The Morgan fingerprint density at radius 3 is 2.18 bits per heavy atom. The van der Waals surface area contributed by atoms with Gasteiger partial charge in [0.05, 0.1) is 0 Å². The quantitative estimate of drug-likeness (QED) is 0.554. The average molecular weight is 241 g/mol. The lowest BCUT2D eigenvalue weighted by atomic mass is 10.1. The van der Waals surface area contributed by atoms with Crippen LogP contribution in [0.4, 0.5) is 0 Å². The van der Waals surface area contributed by atoms with Gasteiger partial charge in [0, 0.05) is 18.9 Å². The number of carboxylic acids is 1. The second-order valence-corrected chi connectivity index (χ2v) is 4.86. The van der Waals surface area contributed by atoms with Crippen molar-refractivity contribution in [2.45, 2.75) is 70.3 Å². The van der Waals surface area contributed by atoms with Gasteiger partial charge >= 0.3 is 5.97 Å². The summed E-state index contributed by atoms with van der Waals surface area (Å²) in [5.41, 5.74) is 0. The summed E-state index contributed by atoms with van der Waals surface area (Å²) >= 11 is 0. The van der Waals surface area contributed by atoms with Crippen molar-refractivity contribution in [2.24, 2.45) is 0 Å². The van der Waals surface area contributed by atoms with Crippen LogP contribution in [0.2, 0.25) is 0 Å². The minimum Gasteiger partial charge on any atom is -0.481 e. The lowest BCUT2D eigenvalue weighted by molar-refractivity contribution is -0.137. The molecule has 1 aliphatic carbocycles. The van der Waals surface area contributed by atoms with Crippen LogP contribution in [-0.2, 0) is 9.59 Å². The Hall–Kier alpha value is -1.06. The van der Waals surface area contributed by atoms with Crippen molar-refractivity contribution in [3.05, 3.63) is 0 Å². The van der Waals surface area contributed by atoms with Crippen molar-refractivity contribution < 1.29 is 14.7 Å². The summed E-state index contributed by atoms with van der Waals surface area (Å²) in [6, 6.07) is 0.351. The molecule has 0 atom stereocenters. The summed E-state index contributed by atoms with van der Waals surface area (Å²) < 4.78 is 0. The minimum atomic E-state index is -0.783. The largest absolute Gasteiger partial charge is 0.481 e. The Balaban J connectivity index is 2.08. The summed E-state index contributed by atoms with van der Waals surface area (Å²) in [4.78, 5) is 21.9. The second kappa shape index (κ2) is 8.09. The number of hydrogen-bond acceptors (Lipinski definition) is 2. The zero-order valence-electron chi connectivity index (χ0n) is 10.4. The maximum absolute atomic E-state index is 11.6. The lowest BCUT2D eigenvalue weighted by Crippen LogP contribution is -2.34. The van der Waals surface area contributed by atoms with E-state index in [2.05, 4.69) is 5.32 Å². The van der Waals surface area contributed by atoms with Gasteiger partial charge in [-0.1, -0.05) is 25.7 Å². The van der Waals surface area contributed by atoms with Crippen molar-refractivity contribution in [1.82, 2.24) is 5.32 Å². The molecule has 0 aromatic heterocycles. The molecule has 2 N–H and O–H groups in total. The highest BCUT2D eigenvalue weighted by atomic mass is 16.4. The van der Waals surface area contributed by atoms with Crippen molar-refractivity contribution in [1.29, 1.82) is 0 Å². The molecule has 1 saturated carbocycles. The van der Waals surface area contributed by atoms with Gasteiger partial charge in [-0.15, -0.1) is 0 Å². The van der Waals surface area contributed by atoms with E-state index in [1.54, 1.807) is 0 Å². The Kier molecular flexibility index (Phi) is 6.67. The molecule has 0 unspecified atom stereocenters. The van der Waals surface area contributed by atoms with Gasteiger partial charge in [-0.25, -0.2) is 0 Å². The van der Waals surface area contributed by atoms with Crippen molar-refractivity contribution in [3.8, 4) is 0 Å². The molecule has 0 bridgehead atoms. The molecule has 0 saturated heterocycles. The minimum absolute atomic E-state index is 0.0855. The first-order valence-electron chi connectivity index (χ1n) is 6.69. The van der Waals surface area contributed by atoms with E-state index in [0.717, 1.165) is 12.8 Å². The maximum Gasteiger partial charge on any atom is 0.303 e. The number of rotatable bonds is 6. The summed E-state index contributed by atoms with van der Waals surface area (Å²) in [6.07, 6.45) is 9.07. The van der Waals surface area contributed by atoms with Crippen LogP contribution in [0, 0.1) is 0 Å². The van der Waals surface area contributed by atoms with Gasteiger partial charge in [0.25, 0.3) is 0 Å². The van der Waals surface area contributed by atoms with Crippen LogP contribution < -0.4 is 5.32 Å². The third kappa shape index (κ3) is 6.97. The number of unbranched alkanes of at least 4 members (excludes halogenated alkanes) is 1. The highest BCUT2D eigenvalue weighted by Crippen LogP contribution is 2.17. The Labute approximate surface area is 103 Å². The van der Waals surface area contributed by atoms with Gasteiger partial charge in [-0.3, -0.25) is 9.59 Å². The van der Waals surface area contributed by atoms with Crippen molar-refractivity contribution >= 4 is 11.9 Å². The van der Waals surface area contributed by atoms with Crippen LogP contribution in [0.3, 0.4) is 0 Å². The fraction of sp³-hybridized carbons (Fsp3) is 0.846. The van der Waals surface area contributed by atoms with Gasteiger partial charge in [0.2, 0.25) is 5.91 Å². The van der Waals surface area contributed by atoms with Crippen LogP contribution >= 0.6 is 0 Å². The number of carboxylic acid groups (broad SMARTS) is 1. The van der Waals surface area contributed by atoms with E-state index in [-0.39, 0.29) is 12.3 Å². The molecule has 1 aliphatic rings. The summed E-state index contributed by atoms with van der Waals surface area (Å²) in [5, 5.41) is 11.5. The van der Waals surface area contributed by atoms with E-state index in [1.165, 1.54) is 25.7 Å². The van der Waals surface area contributed by atoms with E-state index in [9.17, 15) is 9.59 Å². The third-order valence-electron chi connectivity index (χ3n) is 3.26. The van der Waals surface area contributed by atoms with Crippen LogP contribution in [-0.4, -0.2) is 23.0 Å². The molecule has 0 aliphatic heterocycles. The highest BCUT2D eigenvalue weighted by Gasteiger charge is 2.14. The van der Waals surface area contributed by atoms with Crippen LogP contribution in [0.5, 0.6) is 0 Å². The first-order valence-corrected chi connectivity index (χ1v) is 6.69. The third-order valence-corrected chi connectivity index (χ3v) is 3.26. The molecule has 0 spiro atoms. The molecular weight excluding hydrogens is 218 g/mol. The van der Waals surface area contributed by atoms with E-state index < -0.39 is 5.97 Å². The molecule has 0 heterocycles. The number of carbonyl (C=O) groups is 2. The van der Waals surface area contributed by atoms with E-state index >= 15 is 0 Å². The van der Waals surface area contributed by atoms with Gasteiger partial charge in [-0.2, -0.15) is 0 Å². The van der Waals surface area contributed by atoms with Gasteiger partial charge < -0.3 is 10.4 Å². The topological polar surface area (TPSA) is 66.4 Å². The van der Waals surface area contributed by atoms with Crippen LogP contribution in [0.25, 0.3) is 0 Å². The molecule has 17 heavy (non-hydrogen) atoms. The number of carbonyl (C=O) groups excluding carboxylic acids is 1.